The molecule has 192 valence electrons. The molecule has 0 aliphatic heterocycles. The Bertz CT molecular complexity index is 927. The van der Waals surface area contributed by atoms with Gasteiger partial charge in [-0.05, 0) is 36.6 Å². The minimum Gasteiger partial charge on any atom is -0.493 e. The molecule has 0 N–H and O–H groups in total. The molecule has 0 saturated carbocycles. The molecule has 0 spiro atoms. The van der Waals surface area contributed by atoms with Gasteiger partial charge in [0.05, 0.1) is 18.8 Å². The van der Waals surface area contributed by atoms with Gasteiger partial charge in [0.25, 0.3) is 0 Å². The number of para-hydroxylation sites is 1. The molecule has 0 amide bonds. The molecule has 6 heteroatoms. The lowest BCUT2D eigenvalue weighted by molar-refractivity contribution is 0.0442. The van der Waals surface area contributed by atoms with Gasteiger partial charge in [0.15, 0.2) is 0 Å². The van der Waals surface area contributed by atoms with Gasteiger partial charge in [-0.2, -0.15) is 0 Å². The summed E-state index contributed by atoms with van der Waals surface area (Å²) in [4.78, 5) is 25.0. The van der Waals surface area contributed by atoms with Gasteiger partial charge in [-0.25, -0.2) is 14.0 Å². The van der Waals surface area contributed by atoms with Crippen LogP contribution in [-0.4, -0.2) is 25.2 Å². The van der Waals surface area contributed by atoms with Gasteiger partial charge in [-0.1, -0.05) is 84.3 Å². The van der Waals surface area contributed by atoms with Gasteiger partial charge in [-0.3, -0.25) is 0 Å². The van der Waals surface area contributed by atoms with E-state index in [-0.39, 0.29) is 29.4 Å². The first kappa shape index (κ1) is 28.3. The lowest BCUT2D eigenvalue weighted by atomic mass is 10.1. The second-order valence-electron chi connectivity index (χ2n) is 8.96. The molecule has 35 heavy (non-hydrogen) atoms. The Hall–Kier alpha value is -2.89. The standard InChI is InChI=1S/C29H39FO5/c1-4-6-7-8-9-10-11-14-19-33-23-17-18-24(26(30)20-23)29(32)35-27-16-13-12-15-25(27)28(31)34-21-22(3)5-2/h12-13,15-18,20,22H,4-11,14,19,21H2,1-3H3/t22-/m0/s1. The van der Waals surface area contributed by atoms with E-state index in [0.29, 0.717) is 12.4 Å². The van der Waals surface area contributed by atoms with Crippen LogP contribution in [-0.2, 0) is 4.74 Å². The van der Waals surface area contributed by atoms with E-state index in [1.807, 2.05) is 13.8 Å². The lowest BCUT2D eigenvalue weighted by Crippen LogP contribution is -2.16. The van der Waals surface area contributed by atoms with Crippen LogP contribution < -0.4 is 9.47 Å². The predicted molar refractivity (Wildman–Crippen MR) is 136 cm³/mol. The fourth-order valence-corrected chi connectivity index (χ4v) is 3.47. The summed E-state index contributed by atoms with van der Waals surface area (Å²) in [6.07, 6.45) is 10.4. The minimum absolute atomic E-state index is 0.0288. The van der Waals surface area contributed by atoms with Gasteiger partial charge in [-0.15, -0.1) is 0 Å². The van der Waals surface area contributed by atoms with E-state index in [1.54, 1.807) is 18.2 Å². The molecule has 5 nitrogen and oxygen atoms in total. The summed E-state index contributed by atoms with van der Waals surface area (Å²) in [7, 11) is 0. The van der Waals surface area contributed by atoms with Crippen molar-refractivity contribution in [3.63, 3.8) is 0 Å². The number of carbonyl (C=O) groups excluding carboxylic acids is 2. The Morgan fingerprint density at radius 3 is 2.23 bits per heavy atom. The molecule has 0 bridgehead atoms. The Morgan fingerprint density at radius 2 is 1.54 bits per heavy atom. The summed E-state index contributed by atoms with van der Waals surface area (Å²) in [6, 6.07) is 10.4. The normalized spacial score (nSPS) is 11.7. The van der Waals surface area contributed by atoms with Crippen LogP contribution in [0.5, 0.6) is 11.5 Å². The Labute approximate surface area is 209 Å². The number of rotatable bonds is 16. The van der Waals surface area contributed by atoms with Crippen molar-refractivity contribution in [1.82, 2.24) is 0 Å². The average Bonchev–Trinajstić information content (AvgIpc) is 2.86. The van der Waals surface area contributed by atoms with Gasteiger partial charge < -0.3 is 14.2 Å². The molecule has 0 saturated heterocycles. The number of carbonyl (C=O) groups is 2. The number of unbranched alkanes of at least 4 members (excludes halogenated alkanes) is 7. The lowest BCUT2D eigenvalue weighted by Gasteiger charge is -2.13. The van der Waals surface area contributed by atoms with Crippen molar-refractivity contribution in [2.45, 2.75) is 78.6 Å². The van der Waals surface area contributed by atoms with E-state index in [1.165, 1.54) is 62.8 Å². The number of ether oxygens (including phenoxy) is 3. The molecule has 0 fully saturated rings. The SMILES string of the molecule is CCCCCCCCCCOc1ccc(C(=O)Oc2ccccc2C(=O)OC[C@@H](C)CC)c(F)c1. The maximum atomic E-state index is 14.6. The molecule has 2 aromatic rings. The third kappa shape index (κ3) is 10.1. The highest BCUT2D eigenvalue weighted by Gasteiger charge is 2.20. The highest BCUT2D eigenvalue weighted by atomic mass is 19.1. The van der Waals surface area contributed by atoms with Crippen LogP contribution in [0.4, 0.5) is 4.39 Å². The number of hydrogen-bond acceptors (Lipinski definition) is 5. The summed E-state index contributed by atoms with van der Waals surface area (Å²) in [5.41, 5.74) is -0.109. The van der Waals surface area contributed by atoms with Crippen molar-refractivity contribution in [3.05, 3.63) is 59.4 Å². The zero-order chi connectivity index (χ0) is 25.5. The second kappa shape index (κ2) is 15.9. The highest BCUT2D eigenvalue weighted by molar-refractivity contribution is 5.96. The Morgan fingerprint density at radius 1 is 0.857 bits per heavy atom. The fourth-order valence-electron chi connectivity index (χ4n) is 3.47. The minimum atomic E-state index is -0.890. The molecular weight excluding hydrogens is 447 g/mol. The number of esters is 2. The van der Waals surface area contributed by atoms with Crippen LogP contribution in [0.15, 0.2) is 42.5 Å². The average molecular weight is 487 g/mol. The maximum absolute atomic E-state index is 14.6. The molecule has 0 unspecified atom stereocenters. The van der Waals surface area contributed by atoms with Crippen LogP contribution in [0.3, 0.4) is 0 Å². The van der Waals surface area contributed by atoms with Crippen molar-refractivity contribution in [2.75, 3.05) is 13.2 Å². The number of hydrogen-bond donors (Lipinski definition) is 0. The molecular formula is C29H39FO5. The molecule has 0 radical (unpaired) electrons. The van der Waals surface area contributed by atoms with Gasteiger partial charge in [0.1, 0.15) is 22.9 Å². The van der Waals surface area contributed by atoms with Crippen LogP contribution in [0, 0.1) is 11.7 Å². The van der Waals surface area contributed by atoms with Crippen molar-refractivity contribution in [3.8, 4) is 11.5 Å². The Balaban J connectivity index is 1.86. The monoisotopic (exact) mass is 486 g/mol. The molecule has 0 aliphatic carbocycles. The Kier molecular flexibility index (Phi) is 12.9. The maximum Gasteiger partial charge on any atom is 0.346 e. The van der Waals surface area contributed by atoms with Crippen LogP contribution in [0.25, 0.3) is 0 Å². The number of benzene rings is 2. The summed E-state index contributed by atoms with van der Waals surface area (Å²) >= 11 is 0. The second-order valence-corrected chi connectivity index (χ2v) is 8.96. The van der Waals surface area contributed by atoms with Gasteiger partial charge in [0, 0.05) is 6.07 Å². The van der Waals surface area contributed by atoms with Crippen molar-refractivity contribution in [2.24, 2.45) is 5.92 Å². The third-order valence-corrected chi connectivity index (χ3v) is 5.93. The summed E-state index contributed by atoms with van der Waals surface area (Å²) < 4.78 is 30.9. The van der Waals surface area contributed by atoms with Crippen LogP contribution >= 0.6 is 0 Å². The topological polar surface area (TPSA) is 61.8 Å². The van der Waals surface area contributed by atoms with Crippen molar-refractivity contribution >= 4 is 11.9 Å². The summed E-state index contributed by atoms with van der Waals surface area (Å²) in [5.74, 6) is -1.59. The number of halogens is 1. The van der Waals surface area contributed by atoms with E-state index < -0.39 is 17.8 Å². The molecule has 0 aliphatic rings. The summed E-state index contributed by atoms with van der Waals surface area (Å²) in [6.45, 7) is 6.97. The molecule has 0 heterocycles. The van der Waals surface area contributed by atoms with E-state index in [4.69, 9.17) is 14.2 Å². The van der Waals surface area contributed by atoms with Crippen LogP contribution in [0.2, 0.25) is 0 Å². The molecule has 0 aromatic heterocycles. The zero-order valence-electron chi connectivity index (χ0n) is 21.3. The highest BCUT2D eigenvalue weighted by Crippen LogP contribution is 2.23. The first-order chi connectivity index (χ1) is 17.0. The van der Waals surface area contributed by atoms with E-state index >= 15 is 0 Å². The zero-order valence-corrected chi connectivity index (χ0v) is 21.3. The quantitative estimate of drug-likeness (QED) is 0.138. The first-order valence-corrected chi connectivity index (χ1v) is 12.9. The fraction of sp³-hybridized carbons (Fsp3) is 0.517. The van der Waals surface area contributed by atoms with E-state index in [9.17, 15) is 14.0 Å². The van der Waals surface area contributed by atoms with Crippen LogP contribution in [0.1, 0.15) is 99.3 Å². The van der Waals surface area contributed by atoms with Crippen molar-refractivity contribution < 1.29 is 28.2 Å². The predicted octanol–water partition coefficient (Wildman–Crippen LogP) is 7.77. The largest absolute Gasteiger partial charge is 0.493 e. The van der Waals surface area contributed by atoms with E-state index in [2.05, 4.69) is 6.92 Å². The smallest absolute Gasteiger partial charge is 0.346 e. The van der Waals surface area contributed by atoms with Gasteiger partial charge in [0.2, 0.25) is 0 Å². The molecule has 1 atom stereocenters. The van der Waals surface area contributed by atoms with E-state index in [0.717, 1.165) is 19.3 Å². The van der Waals surface area contributed by atoms with Gasteiger partial charge >= 0.3 is 11.9 Å². The molecule has 2 rings (SSSR count). The summed E-state index contributed by atoms with van der Waals surface area (Å²) in [5, 5.41) is 0. The first-order valence-electron chi connectivity index (χ1n) is 12.9. The third-order valence-electron chi connectivity index (χ3n) is 5.93. The van der Waals surface area contributed by atoms with Crippen molar-refractivity contribution in [1.29, 1.82) is 0 Å². The molecule has 2 aromatic carbocycles.